The Kier molecular flexibility index (Phi) is 3.66. The molecule has 0 radical (unpaired) electrons. The quantitative estimate of drug-likeness (QED) is 0.883. The van der Waals surface area contributed by atoms with Gasteiger partial charge in [0.05, 0.1) is 23.6 Å². The summed E-state index contributed by atoms with van der Waals surface area (Å²) in [5, 5.41) is 8.01. The van der Waals surface area contributed by atoms with E-state index in [1.807, 2.05) is 6.92 Å². The molecule has 0 saturated carbocycles. The molecule has 4 heterocycles. The van der Waals surface area contributed by atoms with Gasteiger partial charge in [-0.3, -0.25) is 0 Å². The molecular formula is C17H23N5O. The summed E-state index contributed by atoms with van der Waals surface area (Å²) in [6.45, 7) is 6.92. The fourth-order valence-electron chi connectivity index (χ4n) is 3.88. The lowest BCUT2D eigenvalue weighted by atomic mass is 9.88. The van der Waals surface area contributed by atoms with Crippen LogP contribution in [-0.4, -0.2) is 46.3 Å². The van der Waals surface area contributed by atoms with Gasteiger partial charge in [0.25, 0.3) is 0 Å². The van der Waals surface area contributed by atoms with E-state index in [-0.39, 0.29) is 5.60 Å². The molecule has 1 spiro atoms. The van der Waals surface area contributed by atoms with Crippen molar-refractivity contribution in [2.45, 2.75) is 44.8 Å². The Bertz CT molecular complexity index is 726. The third-order valence-electron chi connectivity index (χ3n) is 4.99. The molecule has 2 N–H and O–H groups in total. The van der Waals surface area contributed by atoms with Gasteiger partial charge in [0.15, 0.2) is 5.65 Å². The highest BCUT2D eigenvalue weighted by Crippen LogP contribution is 2.35. The molecule has 0 aliphatic carbocycles. The Labute approximate surface area is 136 Å². The second-order valence-electron chi connectivity index (χ2n) is 6.79. The maximum atomic E-state index is 6.17. The molecule has 122 valence electrons. The third kappa shape index (κ3) is 2.77. The van der Waals surface area contributed by atoms with Crippen LogP contribution in [0.3, 0.4) is 0 Å². The van der Waals surface area contributed by atoms with Crippen LogP contribution in [0.1, 0.15) is 30.5 Å². The monoisotopic (exact) mass is 313 g/mol. The molecule has 2 fully saturated rings. The van der Waals surface area contributed by atoms with Crippen LogP contribution in [0.25, 0.3) is 11.0 Å². The normalized spacial score (nSPS) is 23.5. The highest BCUT2D eigenvalue weighted by atomic mass is 16.5. The van der Waals surface area contributed by atoms with E-state index in [9.17, 15) is 0 Å². The second kappa shape index (κ2) is 5.69. The summed E-state index contributed by atoms with van der Waals surface area (Å²) in [6.07, 6.45) is 4.82. The Morgan fingerprint density at radius 3 is 2.91 bits per heavy atom. The first kappa shape index (κ1) is 14.8. The number of pyridine rings is 1. The molecule has 6 nitrogen and oxygen atoms in total. The standard InChI is InChI=1S/C17H23N5O/c1-11-7-12(2)21-15-14(11)16(20-10-19-15)22-13-8-17(23-9-13)3-5-18-6-4-17/h7,10,13,18H,3-6,8-9H2,1-2H3,(H,19,20,21,22)/t13-/m0/s1. The predicted molar refractivity (Wildman–Crippen MR) is 89.6 cm³/mol. The zero-order valence-electron chi connectivity index (χ0n) is 13.7. The number of piperidine rings is 1. The summed E-state index contributed by atoms with van der Waals surface area (Å²) in [7, 11) is 0. The average molecular weight is 313 g/mol. The first-order valence-electron chi connectivity index (χ1n) is 8.35. The lowest BCUT2D eigenvalue weighted by Crippen LogP contribution is -2.41. The van der Waals surface area contributed by atoms with Crippen LogP contribution < -0.4 is 10.6 Å². The molecule has 4 rings (SSSR count). The highest BCUT2D eigenvalue weighted by molar-refractivity contribution is 5.89. The van der Waals surface area contributed by atoms with Gasteiger partial charge in [-0.15, -0.1) is 0 Å². The zero-order chi connectivity index (χ0) is 15.9. The van der Waals surface area contributed by atoms with Gasteiger partial charge in [0, 0.05) is 5.69 Å². The number of hydrogen-bond donors (Lipinski definition) is 2. The SMILES string of the molecule is Cc1cc(C)c2c(N[C@@H]3COC4(CCNCC4)C3)ncnc2n1. The van der Waals surface area contributed by atoms with E-state index in [4.69, 9.17) is 4.74 Å². The van der Waals surface area contributed by atoms with Crippen molar-refractivity contribution in [2.75, 3.05) is 25.0 Å². The summed E-state index contributed by atoms with van der Waals surface area (Å²) in [4.78, 5) is 13.3. The number of fused-ring (bicyclic) bond motifs is 1. The van der Waals surface area contributed by atoms with Crippen LogP contribution in [0.15, 0.2) is 12.4 Å². The van der Waals surface area contributed by atoms with Crippen molar-refractivity contribution in [3.8, 4) is 0 Å². The number of hydrogen-bond acceptors (Lipinski definition) is 6. The van der Waals surface area contributed by atoms with Crippen molar-refractivity contribution >= 4 is 16.9 Å². The first-order valence-corrected chi connectivity index (χ1v) is 8.35. The van der Waals surface area contributed by atoms with E-state index >= 15 is 0 Å². The number of anilines is 1. The lowest BCUT2D eigenvalue weighted by Gasteiger charge is -2.32. The molecule has 2 saturated heterocycles. The van der Waals surface area contributed by atoms with Crippen LogP contribution in [-0.2, 0) is 4.74 Å². The highest BCUT2D eigenvalue weighted by Gasteiger charge is 2.41. The smallest absolute Gasteiger partial charge is 0.165 e. The van der Waals surface area contributed by atoms with Gasteiger partial charge in [-0.05, 0) is 57.8 Å². The summed E-state index contributed by atoms with van der Waals surface area (Å²) in [5.41, 5.74) is 2.95. The fourth-order valence-corrected chi connectivity index (χ4v) is 3.88. The number of aromatic nitrogens is 3. The molecule has 2 aliphatic rings. The number of rotatable bonds is 2. The zero-order valence-corrected chi connectivity index (χ0v) is 13.7. The maximum Gasteiger partial charge on any atom is 0.165 e. The van der Waals surface area contributed by atoms with Gasteiger partial charge >= 0.3 is 0 Å². The Balaban J connectivity index is 1.59. The van der Waals surface area contributed by atoms with Crippen molar-refractivity contribution in [2.24, 2.45) is 0 Å². The van der Waals surface area contributed by atoms with Crippen LogP contribution in [0.2, 0.25) is 0 Å². The minimum Gasteiger partial charge on any atom is -0.373 e. The van der Waals surface area contributed by atoms with Gasteiger partial charge in [-0.2, -0.15) is 0 Å². The number of nitrogens with zero attached hydrogens (tertiary/aromatic N) is 3. The summed E-state index contributed by atoms with van der Waals surface area (Å²) < 4.78 is 6.17. The van der Waals surface area contributed by atoms with Crippen LogP contribution in [0, 0.1) is 13.8 Å². The number of nitrogens with one attached hydrogen (secondary N) is 2. The van der Waals surface area contributed by atoms with Crippen molar-refractivity contribution in [1.29, 1.82) is 0 Å². The van der Waals surface area contributed by atoms with Crippen molar-refractivity contribution < 1.29 is 4.74 Å². The Morgan fingerprint density at radius 1 is 1.26 bits per heavy atom. The minimum absolute atomic E-state index is 0.0512. The van der Waals surface area contributed by atoms with Gasteiger partial charge < -0.3 is 15.4 Å². The summed E-state index contributed by atoms with van der Waals surface area (Å²) in [5.74, 6) is 0.875. The van der Waals surface area contributed by atoms with Crippen LogP contribution >= 0.6 is 0 Å². The first-order chi connectivity index (χ1) is 11.2. The Hall–Kier alpha value is -1.79. The number of ether oxygens (including phenoxy) is 1. The number of aryl methyl sites for hydroxylation is 2. The molecular weight excluding hydrogens is 290 g/mol. The molecule has 2 aliphatic heterocycles. The topological polar surface area (TPSA) is 72.0 Å². The van der Waals surface area contributed by atoms with E-state index in [1.54, 1.807) is 6.33 Å². The molecule has 1 atom stereocenters. The van der Waals surface area contributed by atoms with E-state index in [1.165, 1.54) is 0 Å². The molecule has 2 aromatic rings. The maximum absolute atomic E-state index is 6.17. The molecule has 0 aromatic carbocycles. The largest absolute Gasteiger partial charge is 0.373 e. The second-order valence-corrected chi connectivity index (χ2v) is 6.79. The van der Waals surface area contributed by atoms with Gasteiger partial charge in [-0.25, -0.2) is 15.0 Å². The van der Waals surface area contributed by atoms with Crippen LogP contribution in [0.5, 0.6) is 0 Å². The molecule has 6 heteroatoms. The summed E-state index contributed by atoms with van der Waals surface area (Å²) >= 11 is 0. The third-order valence-corrected chi connectivity index (χ3v) is 4.99. The molecule has 2 aromatic heterocycles. The van der Waals surface area contributed by atoms with E-state index in [0.29, 0.717) is 6.04 Å². The summed E-state index contributed by atoms with van der Waals surface area (Å²) in [6, 6.07) is 2.38. The van der Waals surface area contributed by atoms with Gasteiger partial charge in [0.1, 0.15) is 12.1 Å². The molecule has 23 heavy (non-hydrogen) atoms. The van der Waals surface area contributed by atoms with Crippen LogP contribution in [0.4, 0.5) is 5.82 Å². The van der Waals surface area contributed by atoms with Gasteiger partial charge in [0.2, 0.25) is 0 Å². The van der Waals surface area contributed by atoms with Crippen molar-refractivity contribution in [1.82, 2.24) is 20.3 Å². The lowest BCUT2D eigenvalue weighted by molar-refractivity contribution is -0.0192. The van der Waals surface area contributed by atoms with Crippen molar-refractivity contribution in [3.63, 3.8) is 0 Å². The molecule has 0 amide bonds. The molecule has 0 unspecified atom stereocenters. The van der Waals surface area contributed by atoms with E-state index in [2.05, 4.69) is 38.6 Å². The van der Waals surface area contributed by atoms with Gasteiger partial charge in [-0.1, -0.05) is 0 Å². The minimum atomic E-state index is 0.0512. The van der Waals surface area contributed by atoms with E-state index in [0.717, 1.165) is 67.1 Å². The Morgan fingerprint density at radius 2 is 2.09 bits per heavy atom. The fraction of sp³-hybridized carbons (Fsp3) is 0.588. The average Bonchev–Trinajstić information content (AvgIpc) is 2.90. The molecule has 0 bridgehead atoms. The van der Waals surface area contributed by atoms with Crippen molar-refractivity contribution in [3.05, 3.63) is 23.7 Å². The predicted octanol–water partition coefficient (Wildman–Crippen LogP) is 1.96. The van der Waals surface area contributed by atoms with E-state index < -0.39 is 0 Å².